The lowest BCUT2D eigenvalue weighted by Crippen LogP contribution is -2.21. The van der Waals surface area contributed by atoms with Crippen molar-refractivity contribution in [3.63, 3.8) is 0 Å². The van der Waals surface area contributed by atoms with Crippen LogP contribution in [-0.4, -0.2) is 50.7 Å². The largest absolute Gasteiger partial charge is 0.481 e. The first-order chi connectivity index (χ1) is 18.8. The number of aliphatic hydroxyl groups excluding tert-OH is 1. The summed E-state index contributed by atoms with van der Waals surface area (Å²) < 4.78 is 5.17. The van der Waals surface area contributed by atoms with Crippen molar-refractivity contribution < 1.29 is 29.6 Å². The van der Waals surface area contributed by atoms with Crippen LogP contribution in [0.4, 0.5) is 0 Å². The normalized spacial score (nSPS) is 13.1. The number of nitrogens with zero attached hydrogens (tertiary/aromatic N) is 1. The van der Waals surface area contributed by atoms with Gasteiger partial charge in [0.1, 0.15) is 5.56 Å². The highest BCUT2D eigenvalue weighted by Gasteiger charge is 2.19. The van der Waals surface area contributed by atoms with Gasteiger partial charge in [-0.25, -0.2) is 9.78 Å². The molecule has 0 fully saturated rings. The molecule has 39 heavy (non-hydrogen) atoms. The molecule has 2 aromatic rings. The molecule has 0 saturated heterocycles. The average Bonchev–Trinajstić information content (AvgIpc) is 2.91. The molecule has 0 aliphatic carbocycles. The summed E-state index contributed by atoms with van der Waals surface area (Å²) in [5, 5.41) is 29.7. The predicted molar refractivity (Wildman–Crippen MR) is 158 cm³/mol. The number of carboxylic acids is 2. The molecule has 2 rings (SSSR count). The smallest absolute Gasteiger partial charge is 0.341 e. The number of fused-ring (bicyclic) bond motifs is 1. The Morgan fingerprint density at radius 1 is 0.974 bits per heavy atom. The number of aromatic carboxylic acids is 1. The lowest BCUT2D eigenvalue weighted by molar-refractivity contribution is -0.137. The maximum atomic E-state index is 11.5. The minimum Gasteiger partial charge on any atom is -0.481 e. The molecule has 8 heteroatoms. The Bertz CT molecular complexity index is 1060. The number of hydrogen-bond donors (Lipinski definition) is 3. The fourth-order valence-corrected chi connectivity index (χ4v) is 5.64. The zero-order valence-electron chi connectivity index (χ0n) is 23.4. The molecule has 1 heterocycles. The van der Waals surface area contributed by atoms with Gasteiger partial charge in [-0.1, -0.05) is 82.9 Å². The molecule has 2 atom stereocenters. The van der Waals surface area contributed by atoms with Gasteiger partial charge in [0.2, 0.25) is 5.88 Å². The average molecular weight is 560 g/mol. The Morgan fingerprint density at radius 3 is 2.26 bits per heavy atom. The SMILES string of the molecule is CCCCCCCCCCCC/C=C\[C@@H](Sc1ccc2cc(C(=O)O)c(OC)nc2c1)[C@@H](O)CCCC(=O)O. The second kappa shape index (κ2) is 18.7. The van der Waals surface area contributed by atoms with Crippen LogP contribution in [0.15, 0.2) is 41.3 Å². The van der Waals surface area contributed by atoms with Gasteiger partial charge in [-0.2, -0.15) is 0 Å². The second-order valence-corrected chi connectivity index (χ2v) is 11.3. The Kier molecular flexibility index (Phi) is 15.6. The number of benzene rings is 1. The van der Waals surface area contributed by atoms with Gasteiger partial charge < -0.3 is 20.1 Å². The molecule has 3 N–H and O–H groups in total. The highest BCUT2D eigenvalue weighted by Crippen LogP contribution is 2.32. The van der Waals surface area contributed by atoms with E-state index in [1.165, 1.54) is 76.7 Å². The first kappa shape index (κ1) is 32.6. The molecule has 7 nitrogen and oxygen atoms in total. The maximum absolute atomic E-state index is 11.5. The summed E-state index contributed by atoms with van der Waals surface area (Å²) >= 11 is 1.50. The first-order valence-electron chi connectivity index (χ1n) is 14.3. The Labute approximate surface area is 237 Å². The van der Waals surface area contributed by atoms with Crippen molar-refractivity contribution in [1.29, 1.82) is 0 Å². The summed E-state index contributed by atoms with van der Waals surface area (Å²) in [6.45, 7) is 2.24. The summed E-state index contributed by atoms with van der Waals surface area (Å²) in [4.78, 5) is 27.7. The van der Waals surface area contributed by atoms with Crippen LogP contribution < -0.4 is 4.74 Å². The number of methoxy groups -OCH3 is 1. The van der Waals surface area contributed by atoms with Crippen LogP contribution in [-0.2, 0) is 4.79 Å². The number of unbranched alkanes of at least 4 members (excludes halogenated alkanes) is 10. The third-order valence-corrected chi connectivity index (χ3v) is 8.04. The molecule has 0 bridgehead atoms. The number of carboxylic acid groups (broad SMARTS) is 2. The Morgan fingerprint density at radius 2 is 1.64 bits per heavy atom. The van der Waals surface area contributed by atoms with Crippen LogP contribution in [0.2, 0.25) is 0 Å². The number of thioether (sulfide) groups is 1. The molecular weight excluding hydrogens is 514 g/mol. The van der Waals surface area contributed by atoms with Crippen molar-refractivity contribution in [3.8, 4) is 5.88 Å². The highest BCUT2D eigenvalue weighted by atomic mass is 32.2. The molecular formula is C31H45NO6S. The number of aliphatic carboxylic acids is 1. The van der Waals surface area contributed by atoms with Crippen LogP contribution >= 0.6 is 11.8 Å². The van der Waals surface area contributed by atoms with Crippen LogP contribution in [0, 0.1) is 0 Å². The molecule has 0 spiro atoms. The molecule has 0 aliphatic rings. The minimum atomic E-state index is -1.10. The third-order valence-electron chi connectivity index (χ3n) is 6.77. The fourth-order valence-electron chi connectivity index (χ4n) is 4.52. The zero-order chi connectivity index (χ0) is 28.5. The number of aromatic nitrogens is 1. The van der Waals surface area contributed by atoms with Crippen molar-refractivity contribution >= 4 is 34.6 Å². The van der Waals surface area contributed by atoms with Crippen LogP contribution in [0.3, 0.4) is 0 Å². The monoisotopic (exact) mass is 559 g/mol. The number of pyridine rings is 1. The maximum Gasteiger partial charge on any atom is 0.341 e. The molecule has 0 radical (unpaired) electrons. The molecule has 0 saturated carbocycles. The standard InChI is InChI=1S/C31H45NO6S/c1-3-4-5-6-7-8-9-10-11-12-13-14-17-28(27(33)16-15-18-29(34)35)39-24-20-19-23-21-25(31(36)37)30(38-2)32-26(23)22-24/h14,17,19-22,27-28,33H,3-13,15-16,18H2,1-2H3,(H,34,35)(H,36,37)/b17-14-/t27-,28+/m0/s1. The van der Waals surface area contributed by atoms with Gasteiger partial charge >= 0.3 is 11.9 Å². The third kappa shape index (κ3) is 12.4. The number of hydrogen-bond acceptors (Lipinski definition) is 6. The molecule has 0 aliphatic heterocycles. The Hall–Kier alpha value is -2.58. The molecule has 0 amide bonds. The molecule has 1 aromatic carbocycles. The lowest BCUT2D eigenvalue weighted by Gasteiger charge is -2.20. The van der Waals surface area contributed by atoms with Crippen LogP contribution in [0.1, 0.15) is 107 Å². The molecule has 0 unspecified atom stereocenters. The van der Waals surface area contributed by atoms with E-state index in [0.717, 1.165) is 17.7 Å². The van der Waals surface area contributed by atoms with E-state index in [1.807, 2.05) is 24.3 Å². The van der Waals surface area contributed by atoms with Crippen LogP contribution in [0.5, 0.6) is 5.88 Å². The van der Waals surface area contributed by atoms with E-state index < -0.39 is 18.0 Å². The lowest BCUT2D eigenvalue weighted by atomic mass is 10.1. The van der Waals surface area contributed by atoms with Gasteiger partial charge in [0.05, 0.1) is 24.0 Å². The summed E-state index contributed by atoms with van der Waals surface area (Å²) in [7, 11) is 1.39. The Balaban J connectivity index is 1.96. The summed E-state index contributed by atoms with van der Waals surface area (Å²) in [6, 6.07) is 7.11. The molecule has 1 aromatic heterocycles. The van der Waals surface area contributed by atoms with Gasteiger partial charge in [0.25, 0.3) is 0 Å². The van der Waals surface area contributed by atoms with E-state index in [-0.39, 0.29) is 23.1 Å². The van der Waals surface area contributed by atoms with E-state index in [0.29, 0.717) is 23.7 Å². The van der Waals surface area contributed by atoms with Crippen molar-refractivity contribution in [3.05, 3.63) is 42.0 Å². The summed E-state index contributed by atoms with van der Waals surface area (Å²) in [6.07, 6.45) is 18.2. The fraction of sp³-hybridized carbons (Fsp3) is 0.581. The van der Waals surface area contributed by atoms with E-state index >= 15 is 0 Å². The predicted octanol–water partition coefficient (Wildman–Crippen LogP) is 7.89. The summed E-state index contributed by atoms with van der Waals surface area (Å²) in [5.41, 5.74) is 0.613. The number of carbonyl (C=O) groups is 2. The summed E-state index contributed by atoms with van der Waals surface area (Å²) in [5.74, 6) is -1.91. The van der Waals surface area contributed by atoms with Crippen molar-refractivity contribution in [2.75, 3.05) is 7.11 Å². The topological polar surface area (TPSA) is 117 Å². The first-order valence-corrected chi connectivity index (χ1v) is 15.2. The van der Waals surface area contributed by atoms with Gasteiger partial charge in [0.15, 0.2) is 0 Å². The van der Waals surface area contributed by atoms with E-state index in [9.17, 15) is 19.8 Å². The highest BCUT2D eigenvalue weighted by molar-refractivity contribution is 8.00. The quantitative estimate of drug-likeness (QED) is 0.0803. The number of allylic oxidation sites excluding steroid dienone is 1. The van der Waals surface area contributed by atoms with Gasteiger partial charge in [-0.15, -0.1) is 11.8 Å². The van der Waals surface area contributed by atoms with Crippen molar-refractivity contribution in [2.24, 2.45) is 0 Å². The number of aliphatic hydroxyl groups is 1. The van der Waals surface area contributed by atoms with Crippen LogP contribution in [0.25, 0.3) is 10.9 Å². The van der Waals surface area contributed by atoms with E-state index in [2.05, 4.69) is 18.0 Å². The molecule has 216 valence electrons. The van der Waals surface area contributed by atoms with Crippen molar-refractivity contribution in [2.45, 2.75) is 113 Å². The minimum absolute atomic E-state index is 0.00652. The zero-order valence-corrected chi connectivity index (χ0v) is 24.3. The number of rotatable bonds is 21. The second-order valence-electron chi connectivity index (χ2n) is 10.0. The van der Waals surface area contributed by atoms with E-state index in [4.69, 9.17) is 9.84 Å². The van der Waals surface area contributed by atoms with Gasteiger partial charge in [0, 0.05) is 16.7 Å². The number of ether oxygens (including phenoxy) is 1. The van der Waals surface area contributed by atoms with Gasteiger partial charge in [-0.05, 0) is 43.9 Å². The van der Waals surface area contributed by atoms with Crippen molar-refractivity contribution in [1.82, 2.24) is 4.98 Å². The van der Waals surface area contributed by atoms with E-state index in [1.54, 1.807) is 6.07 Å². The van der Waals surface area contributed by atoms with Gasteiger partial charge in [-0.3, -0.25) is 4.79 Å².